The average molecular weight is 335 g/mol. The van der Waals surface area contributed by atoms with Gasteiger partial charge in [-0.05, 0) is 37.1 Å². The van der Waals surface area contributed by atoms with Crippen molar-refractivity contribution in [3.63, 3.8) is 0 Å². The van der Waals surface area contributed by atoms with Crippen LogP contribution in [0.3, 0.4) is 0 Å². The molecule has 3 rings (SSSR count). The number of sulfonamides is 1. The first-order chi connectivity index (χ1) is 11.1. The van der Waals surface area contributed by atoms with Gasteiger partial charge in [0.15, 0.2) is 0 Å². The second-order valence-electron chi connectivity index (χ2n) is 5.98. The summed E-state index contributed by atoms with van der Waals surface area (Å²) in [6.07, 6.45) is 2.53. The molecule has 6 nitrogen and oxygen atoms in total. The number of nitrogens with zero attached hydrogens (tertiary/aromatic N) is 3. The van der Waals surface area contributed by atoms with Crippen LogP contribution in [0.1, 0.15) is 18.4 Å². The van der Waals surface area contributed by atoms with Crippen molar-refractivity contribution in [3.05, 3.63) is 29.8 Å². The van der Waals surface area contributed by atoms with Crippen LogP contribution in [-0.2, 0) is 14.8 Å². The minimum Gasteiger partial charge on any atom is -0.377 e. The van der Waals surface area contributed by atoms with Gasteiger partial charge in [-0.1, -0.05) is 0 Å². The van der Waals surface area contributed by atoms with Crippen LogP contribution in [0.25, 0.3) is 0 Å². The van der Waals surface area contributed by atoms with Gasteiger partial charge in [-0.3, -0.25) is 4.90 Å². The molecule has 0 spiro atoms. The van der Waals surface area contributed by atoms with Gasteiger partial charge in [0.05, 0.1) is 22.6 Å². The minimum atomic E-state index is -3.47. The lowest BCUT2D eigenvalue weighted by Gasteiger charge is -2.35. The number of hydrogen-bond acceptors (Lipinski definition) is 5. The van der Waals surface area contributed by atoms with Gasteiger partial charge < -0.3 is 4.74 Å². The Morgan fingerprint density at radius 3 is 2.43 bits per heavy atom. The third-order valence-electron chi connectivity index (χ3n) is 4.44. The van der Waals surface area contributed by atoms with E-state index < -0.39 is 10.0 Å². The molecule has 0 bridgehead atoms. The molecule has 2 aliphatic rings. The molecular formula is C16H21N3O3S. The highest BCUT2D eigenvalue weighted by Gasteiger charge is 2.29. The summed E-state index contributed by atoms with van der Waals surface area (Å²) in [5.41, 5.74) is 0.463. The van der Waals surface area contributed by atoms with E-state index in [0.717, 1.165) is 39.1 Å². The monoisotopic (exact) mass is 335 g/mol. The molecule has 1 aromatic rings. The third kappa shape index (κ3) is 3.72. The van der Waals surface area contributed by atoms with E-state index >= 15 is 0 Å². The molecule has 0 aromatic heterocycles. The zero-order valence-corrected chi connectivity index (χ0v) is 13.8. The maximum atomic E-state index is 12.6. The summed E-state index contributed by atoms with van der Waals surface area (Å²) in [6.45, 7) is 4.19. The number of rotatable bonds is 4. The summed E-state index contributed by atoms with van der Waals surface area (Å²) in [7, 11) is -3.47. The number of piperazine rings is 1. The molecule has 1 aromatic carbocycles. The smallest absolute Gasteiger partial charge is 0.243 e. The molecule has 0 amide bonds. The second kappa shape index (κ2) is 6.97. The molecular weight excluding hydrogens is 314 g/mol. The van der Waals surface area contributed by atoms with Crippen LogP contribution < -0.4 is 0 Å². The van der Waals surface area contributed by atoms with Gasteiger partial charge in [-0.2, -0.15) is 9.57 Å². The highest BCUT2D eigenvalue weighted by Crippen LogP contribution is 2.19. The molecule has 0 radical (unpaired) electrons. The molecule has 0 aliphatic carbocycles. The Kier molecular flexibility index (Phi) is 4.97. The van der Waals surface area contributed by atoms with E-state index in [4.69, 9.17) is 10.00 Å². The lowest BCUT2D eigenvalue weighted by atomic mass is 10.2. The molecule has 2 aliphatic heterocycles. The molecule has 2 fully saturated rings. The molecule has 2 saturated heterocycles. The van der Waals surface area contributed by atoms with Crippen molar-refractivity contribution in [1.29, 1.82) is 5.26 Å². The molecule has 124 valence electrons. The van der Waals surface area contributed by atoms with Crippen molar-refractivity contribution in [2.75, 3.05) is 39.3 Å². The van der Waals surface area contributed by atoms with Crippen LogP contribution in [0.15, 0.2) is 29.2 Å². The SMILES string of the molecule is N#Cc1ccc(S(=O)(=O)N2CCN(CC3CCCO3)CC2)cc1. The number of hydrogen-bond donors (Lipinski definition) is 0. The lowest BCUT2D eigenvalue weighted by molar-refractivity contribution is 0.0617. The predicted octanol–water partition coefficient (Wildman–Crippen LogP) is 1.04. The fourth-order valence-corrected chi connectivity index (χ4v) is 4.50. The van der Waals surface area contributed by atoms with Crippen LogP contribution in [0.5, 0.6) is 0 Å². The topological polar surface area (TPSA) is 73.6 Å². The molecule has 7 heteroatoms. The van der Waals surface area contributed by atoms with Gasteiger partial charge in [0.2, 0.25) is 10.0 Å². The largest absolute Gasteiger partial charge is 0.377 e. The van der Waals surface area contributed by atoms with E-state index in [2.05, 4.69) is 4.90 Å². The molecule has 0 saturated carbocycles. The maximum absolute atomic E-state index is 12.6. The van der Waals surface area contributed by atoms with Gasteiger partial charge in [0.25, 0.3) is 0 Å². The zero-order valence-electron chi connectivity index (χ0n) is 13.0. The number of benzene rings is 1. The third-order valence-corrected chi connectivity index (χ3v) is 6.35. The first-order valence-electron chi connectivity index (χ1n) is 7.94. The Balaban J connectivity index is 1.60. The Morgan fingerprint density at radius 1 is 1.17 bits per heavy atom. The van der Waals surface area contributed by atoms with E-state index in [1.807, 2.05) is 6.07 Å². The quantitative estimate of drug-likeness (QED) is 0.822. The van der Waals surface area contributed by atoms with E-state index in [1.165, 1.54) is 16.4 Å². The van der Waals surface area contributed by atoms with Crippen LogP contribution in [0.2, 0.25) is 0 Å². The fourth-order valence-electron chi connectivity index (χ4n) is 3.08. The standard InChI is InChI=1S/C16H21N3O3S/c17-12-14-3-5-16(6-4-14)23(20,21)19-9-7-18(8-10-19)13-15-2-1-11-22-15/h3-6,15H,1-2,7-11,13H2. The zero-order chi connectivity index (χ0) is 16.3. The van der Waals surface area contributed by atoms with Crippen molar-refractivity contribution in [1.82, 2.24) is 9.21 Å². The Labute approximate surface area is 137 Å². The summed E-state index contributed by atoms with van der Waals surface area (Å²) in [5, 5.41) is 8.80. The van der Waals surface area contributed by atoms with Gasteiger partial charge in [0.1, 0.15) is 0 Å². The van der Waals surface area contributed by atoms with Gasteiger partial charge in [-0.25, -0.2) is 8.42 Å². The van der Waals surface area contributed by atoms with Crippen LogP contribution in [0.4, 0.5) is 0 Å². The van der Waals surface area contributed by atoms with E-state index in [9.17, 15) is 8.42 Å². The molecule has 23 heavy (non-hydrogen) atoms. The molecule has 1 unspecified atom stereocenters. The fraction of sp³-hybridized carbons (Fsp3) is 0.562. The minimum absolute atomic E-state index is 0.254. The Hall–Kier alpha value is -1.46. The van der Waals surface area contributed by atoms with Crippen molar-refractivity contribution in [3.8, 4) is 6.07 Å². The Morgan fingerprint density at radius 2 is 1.87 bits per heavy atom. The van der Waals surface area contributed by atoms with Crippen molar-refractivity contribution >= 4 is 10.0 Å². The summed E-state index contributed by atoms with van der Waals surface area (Å²) >= 11 is 0. The number of ether oxygens (including phenoxy) is 1. The molecule has 2 heterocycles. The van der Waals surface area contributed by atoms with E-state index in [1.54, 1.807) is 12.1 Å². The highest BCUT2D eigenvalue weighted by atomic mass is 32.2. The van der Waals surface area contributed by atoms with Crippen LogP contribution in [-0.4, -0.2) is 63.1 Å². The van der Waals surface area contributed by atoms with Crippen molar-refractivity contribution < 1.29 is 13.2 Å². The van der Waals surface area contributed by atoms with Crippen LogP contribution >= 0.6 is 0 Å². The van der Waals surface area contributed by atoms with E-state index in [0.29, 0.717) is 24.8 Å². The summed E-state index contributed by atoms with van der Waals surface area (Å²) in [4.78, 5) is 2.53. The van der Waals surface area contributed by atoms with Gasteiger partial charge >= 0.3 is 0 Å². The molecule has 1 atom stereocenters. The van der Waals surface area contributed by atoms with E-state index in [-0.39, 0.29) is 4.90 Å². The lowest BCUT2D eigenvalue weighted by Crippen LogP contribution is -2.50. The van der Waals surface area contributed by atoms with Crippen LogP contribution in [0, 0.1) is 11.3 Å². The normalized spacial score (nSPS) is 23.7. The second-order valence-corrected chi connectivity index (χ2v) is 7.91. The first-order valence-corrected chi connectivity index (χ1v) is 9.38. The van der Waals surface area contributed by atoms with Crippen molar-refractivity contribution in [2.45, 2.75) is 23.8 Å². The van der Waals surface area contributed by atoms with Gasteiger partial charge in [0, 0.05) is 39.3 Å². The summed E-state index contributed by atoms with van der Waals surface area (Å²) in [5.74, 6) is 0. The Bertz CT molecular complexity index is 668. The average Bonchev–Trinajstić information content (AvgIpc) is 3.08. The summed E-state index contributed by atoms with van der Waals surface area (Å²) < 4.78 is 32.4. The highest BCUT2D eigenvalue weighted by molar-refractivity contribution is 7.89. The predicted molar refractivity (Wildman–Crippen MR) is 85.3 cm³/mol. The van der Waals surface area contributed by atoms with Gasteiger partial charge in [-0.15, -0.1) is 0 Å². The molecule has 0 N–H and O–H groups in total. The maximum Gasteiger partial charge on any atom is 0.243 e. The number of nitriles is 1. The summed E-state index contributed by atoms with van der Waals surface area (Å²) in [6, 6.07) is 8.10. The first kappa shape index (κ1) is 16.4. The van der Waals surface area contributed by atoms with Crippen molar-refractivity contribution in [2.24, 2.45) is 0 Å².